The molecule has 0 aliphatic carbocycles. The van der Waals surface area contributed by atoms with Gasteiger partial charge in [-0.3, -0.25) is 9.52 Å². The highest BCUT2D eigenvalue weighted by Crippen LogP contribution is 2.22. The smallest absolute Gasteiger partial charge is 0.237 e. The molecule has 3 N–H and O–H groups in total. The predicted molar refractivity (Wildman–Crippen MR) is 111 cm³/mol. The van der Waals surface area contributed by atoms with Gasteiger partial charge in [0.1, 0.15) is 0 Å². The average Bonchev–Trinajstić information content (AvgIpc) is 2.70. The number of carbonyl (C=O) groups excluding carboxylic acids is 1. The monoisotopic (exact) mass is 371 g/mol. The van der Waals surface area contributed by atoms with Gasteiger partial charge in [0.2, 0.25) is 5.91 Å². The highest BCUT2D eigenvalue weighted by molar-refractivity contribution is 7.96. The Bertz CT molecular complexity index is 597. The Kier molecular flexibility index (Phi) is 9.24. The predicted octanol–water partition coefficient (Wildman–Crippen LogP) is 3.52. The van der Waals surface area contributed by atoms with E-state index in [9.17, 15) is 4.79 Å². The summed E-state index contributed by atoms with van der Waals surface area (Å²) in [6.45, 7) is 0.968. The Morgan fingerprint density at radius 2 is 1.54 bits per heavy atom. The van der Waals surface area contributed by atoms with Crippen molar-refractivity contribution in [3.05, 3.63) is 71.8 Å². The number of benzene rings is 2. The molecule has 1 amide bonds. The molecule has 2 aromatic rings. The number of rotatable bonds is 11. The third-order valence-electron chi connectivity index (χ3n) is 4.38. The van der Waals surface area contributed by atoms with Crippen molar-refractivity contribution < 1.29 is 4.79 Å². The molecular weight excluding hydrogens is 342 g/mol. The summed E-state index contributed by atoms with van der Waals surface area (Å²) >= 11 is 1.63. The maximum atomic E-state index is 12.9. The molecule has 0 bridgehead atoms. The van der Waals surface area contributed by atoms with Crippen LogP contribution in [0.25, 0.3) is 0 Å². The third kappa shape index (κ3) is 6.48. The SMILES string of the molecule is CNC(CCCCNSC)C(=O)NC(c1ccccc1)c1ccccc1. The molecule has 0 aliphatic heterocycles. The zero-order valence-electron chi connectivity index (χ0n) is 15.6. The largest absolute Gasteiger partial charge is 0.344 e. The van der Waals surface area contributed by atoms with Gasteiger partial charge in [0.25, 0.3) is 0 Å². The molecule has 1 unspecified atom stereocenters. The first-order valence-electron chi connectivity index (χ1n) is 9.09. The second kappa shape index (κ2) is 11.7. The van der Waals surface area contributed by atoms with E-state index in [0.717, 1.165) is 36.9 Å². The second-order valence-electron chi connectivity index (χ2n) is 6.20. The first-order chi connectivity index (χ1) is 12.8. The fraction of sp³-hybridized carbons (Fsp3) is 0.381. The molecule has 2 aromatic carbocycles. The topological polar surface area (TPSA) is 53.2 Å². The molecule has 4 nitrogen and oxygen atoms in total. The minimum absolute atomic E-state index is 0.0445. The van der Waals surface area contributed by atoms with E-state index in [4.69, 9.17) is 0 Å². The van der Waals surface area contributed by atoms with Crippen LogP contribution in [0.3, 0.4) is 0 Å². The molecule has 1 atom stereocenters. The van der Waals surface area contributed by atoms with Crippen molar-refractivity contribution in [2.24, 2.45) is 0 Å². The van der Waals surface area contributed by atoms with Crippen LogP contribution in [0.2, 0.25) is 0 Å². The maximum Gasteiger partial charge on any atom is 0.237 e. The Morgan fingerprint density at radius 3 is 2.04 bits per heavy atom. The van der Waals surface area contributed by atoms with Crippen LogP contribution in [-0.4, -0.2) is 31.8 Å². The summed E-state index contributed by atoms with van der Waals surface area (Å²) in [5, 5.41) is 6.39. The molecule has 0 heterocycles. The second-order valence-corrected chi connectivity index (χ2v) is 6.90. The van der Waals surface area contributed by atoms with E-state index >= 15 is 0 Å². The molecule has 0 fully saturated rings. The van der Waals surface area contributed by atoms with Crippen LogP contribution in [0.4, 0.5) is 0 Å². The number of hydrogen-bond acceptors (Lipinski definition) is 4. The average molecular weight is 372 g/mol. The van der Waals surface area contributed by atoms with Gasteiger partial charge in [-0.1, -0.05) is 79.0 Å². The lowest BCUT2D eigenvalue weighted by molar-refractivity contribution is -0.123. The van der Waals surface area contributed by atoms with Crippen molar-refractivity contribution in [1.82, 2.24) is 15.4 Å². The fourth-order valence-electron chi connectivity index (χ4n) is 2.95. The summed E-state index contributed by atoms with van der Waals surface area (Å²) in [5.74, 6) is 0.0445. The Balaban J connectivity index is 2.03. The molecular formula is C21H29N3OS. The molecule has 0 saturated heterocycles. The van der Waals surface area contributed by atoms with Gasteiger partial charge in [-0.15, -0.1) is 0 Å². The highest BCUT2D eigenvalue weighted by atomic mass is 32.2. The molecule has 0 saturated carbocycles. The van der Waals surface area contributed by atoms with E-state index in [1.807, 2.05) is 49.7 Å². The summed E-state index contributed by atoms with van der Waals surface area (Å²) < 4.78 is 3.24. The summed E-state index contributed by atoms with van der Waals surface area (Å²) in [6, 6.07) is 19.9. The molecule has 0 aliphatic rings. The Labute approximate surface area is 161 Å². The number of carbonyl (C=O) groups is 1. The lowest BCUT2D eigenvalue weighted by Crippen LogP contribution is -2.44. The van der Waals surface area contributed by atoms with Crippen molar-refractivity contribution >= 4 is 17.9 Å². The van der Waals surface area contributed by atoms with Crippen molar-refractivity contribution in [3.8, 4) is 0 Å². The van der Waals surface area contributed by atoms with Gasteiger partial charge in [-0.2, -0.15) is 0 Å². The van der Waals surface area contributed by atoms with Crippen molar-refractivity contribution in [1.29, 1.82) is 0 Å². The summed E-state index contributed by atoms with van der Waals surface area (Å²) in [4.78, 5) is 12.9. The maximum absolute atomic E-state index is 12.9. The van der Waals surface area contributed by atoms with E-state index in [0.29, 0.717) is 0 Å². The number of amides is 1. The molecule has 140 valence electrons. The van der Waals surface area contributed by atoms with E-state index in [2.05, 4.69) is 39.6 Å². The van der Waals surface area contributed by atoms with E-state index < -0.39 is 0 Å². The van der Waals surface area contributed by atoms with Crippen LogP contribution in [0, 0.1) is 0 Å². The quantitative estimate of drug-likeness (QED) is 0.418. The summed E-state index contributed by atoms with van der Waals surface area (Å²) in [5.41, 5.74) is 2.18. The highest BCUT2D eigenvalue weighted by Gasteiger charge is 2.21. The van der Waals surface area contributed by atoms with Gasteiger partial charge in [-0.05, 0) is 37.3 Å². The number of unbranched alkanes of at least 4 members (excludes halogenated alkanes) is 1. The van der Waals surface area contributed by atoms with Crippen molar-refractivity contribution in [2.75, 3.05) is 19.8 Å². The molecule has 26 heavy (non-hydrogen) atoms. The van der Waals surface area contributed by atoms with Crippen LogP contribution in [0.1, 0.15) is 36.4 Å². The molecule has 5 heteroatoms. The van der Waals surface area contributed by atoms with Gasteiger partial charge >= 0.3 is 0 Å². The molecule has 0 spiro atoms. The van der Waals surface area contributed by atoms with Crippen LogP contribution < -0.4 is 15.4 Å². The third-order valence-corrected chi connectivity index (χ3v) is 4.88. The zero-order valence-corrected chi connectivity index (χ0v) is 16.4. The first kappa shape index (κ1) is 20.5. The molecule has 0 aromatic heterocycles. The van der Waals surface area contributed by atoms with Crippen molar-refractivity contribution in [3.63, 3.8) is 0 Å². The number of nitrogens with one attached hydrogen (secondary N) is 3. The molecule has 2 rings (SSSR count). The number of likely N-dealkylation sites (N-methyl/N-ethyl adjacent to an activating group) is 1. The number of hydrogen-bond donors (Lipinski definition) is 3. The fourth-order valence-corrected chi connectivity index (χ4v) is 3.30. The van der Waals surface area contributed by atoms with Gasteiger partial charge in [0, 0.05) is 6.54 Å². The Morgan fingerprint density at radius 1 is 0.962 bits per heavy atom. The standard InChI is InChI=1S/C21H29N3OS/c1-22-19(15-9-10-16-23-26-2)21(25)24-20(17-11-5-3-6-12-17)18-13-7-4-8-14-18/h3-8,11-14,19-20,22-23H,9-10,15-16H2,1-2H3,(H,24,25). The van der Waals surface area contributed by atoms with Gasteiger partial charge in [-0.25, -0.2) is 0 Å². The van der Waals surface area contributed by atoms with E-state index in [1.165, 1.54) is 0 Å². The van der Waals surface area contributed by atoms with Gasteiger partial charge in [0.15, 0.2) is 0 Å². The van der Waals surface area contributed by atoms with Crippen LogP contribution in [0.15, 0.2) is 60.7 Å². The summed E-state index contributed by atoms with van der Waals surface area (Å²) in [6.07, 6.45) is 4.92. The van der Waals surface area contributed by atoms with Crippen LogP contribution in [0.5, 0.6) is 0 Å². The van der Waals surface area contributed by atoms with Crippen molar-refractivity contribution in [2.45, 2.75) is 31.3 Å². The van der Waals surface area contributed by atoms with Crippen LogP contribution >= 0.6 is 11.9 Å². The normalized spacial score (nSPS) is 12.1. The van der Waals surface area contributed by atoms with E-state index in [1.54, 1.807) is 11.9 Å². The van der Waals surface area contributed by atoms with Gasteiger partial charge in [0.05, 0.1) is 12.1 Å². The minimum atomic E-state index is -0.181. The van der Waals surface area contributed by atoms with Crippen LogP contribution in [-0.2, 0) is 4.79 Å². The first-order valence-corrected chi connectivity index (χ1v) is 10.3. The van der Waals surface area contributed by atoms with E-state index in [-0.39, 0.29) is 18.0 Å². The lowest BCUT2D eigenvalue weighted by atomic mass is 9.98. The van der Waals surface area contributed by atoms with Gasteiger partial charge < -0.3 is 10.6 Å². The lowest BCUT2D eigenvalue weighted by Gasteiger charge is -2.23. The summed E-state index contributed by atoms with van der Waals surface area (Å²) in [7, 11) is 1.85. The minimum Gasteiger partial charge on any atom is -0.344 e. The molecule has 0 radical (unpaired) electrons. The Hall–Kier alpha value is -1.82. The zero-order chi connectivity index (χ0) is 18.6.